The number of amides is 1. The summed E-state index contributed by atoms with van der Waals surface area (Å²) in [6, 6.07) is 6.22. The van der Waals surface area contributed by atoms with E-state index in [4.69, 9.17) is 0 Å². The topological polar surface area (TPSA) is 84.1 Å². The lowest BCUT2D eigenvalue weighted by molar-refractivity contribution is -0.274. The second-order valence-electron chi connectivity index (χ2n) is 5.87. The first-order valence-corrected chi connectivity index (χ1v) is 7.23. The molecule has 0 bridgehead atoms. The van der Waals surface area contributed by atoms with E-state index in [1.807, 2.05) is 0 Å². The van der Waals surface area contributed by atoms with Gasteiger partial charge >= 0.3 is 6.36 Å². The zero-order valence-corrected chi connectivity index (χ0v) is 13.7. The zero-order valence-electron chi connectivity index (χ0n) is 13.7. The Bertz CT molecular complexity index is 827. The van der Waals surface area contributed by atoms with Gasteiger partial charge in [-0.2, -0.15) is 0 Å². The van der Waals surface area contributed by atoms with Crippen molar-refractivity contribution in [3.05, 3.63) is 57.8 Å². The molecule has 2 aromatic rings. The number of rotatable bonds is 4. The Morgan fingerprint density at radius 2 is 1.80 bits per heavy atom. The van der Waals surface area contributed by atoms with Crippen molar-refractivity contribution in [3.8, 4) is 5.75 Å². The molecule has 0 atom stereocenters. The average Bonchev–Trinajstić information content (AvgIpc) is 2.44. The summed E-state index contributed by atoms with van der Waals surface area (Å²) >= 11 is 0. The average molecular weight is 355 g/mol. The van der Waals surface area contributed by atoms with Crippen molar-refractivity contribution < 1.29 is 22.7 Å². The van der Waals surface area contributed by atoms with E-state index in [1.54, 1.807) is 20.8 Å². The predicted molar refractivity (Wildman–Crippen MR) is 83.2 cm³/mol. The highest BCUT2D eigenvalue weighted by atomic mass is 19.4. The van der Waals surface area contributed by atoms with Gasteiger partial charge in [0.25, 0.3) is 11.5 Å². The molecule has 1 amide bonds. The summed E-state index contributed by atoms with van der Waals surface area (Å²) in [5.74, 6) is -0.635. The highest BCUT2D eigenvalue weighted by Crippen LogP contribution is 2.26. The Morgan fingerprint density at radius 1 is 1.20 bits per heavy atom. The van der Waals surface area contributed by atoms with Gasteiger partial charge in [-0.05, 0) is 38.5 Å². The fourth-order valence-corrected chi connectivity index (χ4v) is 2.19. The maximum absolute atomic E-state index is 12.3. The number of benzene rings is 1. The number of aromatic amines is 1. The standard InChI is InChI=1S/C16H16F3N3O3/c1-9-20-12(8-13(23)21-9)14(24)22-15(2,3)10-4-6-11(7-5-10)25-16(17,18)19/h4-8H,1-3H3,(H,22,24)(H,20,21,23). The van der Waals surface area contributed by atoms with Gasteiger partial charge in [0.15, 0.2) is 0 Å². The van der Waals surface area contributed by atoms with E-state index in [0.717, 1.165) is 18.2 Å². The first-order chi connectivity index (χ1) is 11.5. The number of hydrogen-bond acceptors (Lipinski definition) is 4. The van der Waals surface area contributed by atoms with Gasteiger partial charge in [-0.25, -0.2) is 4.98 Å². The summed E-state index contributed by atoms with van der Waals surface area (Å²) in [4.78, 5) is 30.1. The summed E-state index contributed by atoms with van der Waals surface area (Å²) in [5.41, 5.74) is -0.862. The number of aromatic nitrogens is 2. The monoisotopic (exact) mass is 355 g/mol. The van der Waals surface area contributed by atoms with Gasteiger partial charge in [0.1, 0.15) is 17.3 Å². The number of H-pyrrole nitrogens is 1. The zero-order chi connectivity index (χ0) is 18.8. The van der Waals surface area contributed by atoms with E-state index in [9.17, 15) is 22.8 Å². The van der Waals surface area contributed by atoms with Gasteiger partial charge in [0.2, 0.25) is 0 Å². The van der Waals surface area contributed by atoms with Gasteiger partial charge in [0, 0.05) is 6.07 Å². The van der Waals surface area contributed by atoms with Crippen molar-refractivity contribution in [2.45, 2.75) is 32.7 Å². The van der Waals surface area contributed by atoms with E-state index < -0.39 is 23.4 Å². The van der Waals surface area contributed by atoms with Gasteiger partial charge in [0.05, 0.1) is 5.54 Å². The first kappa shape index (κ1) is 18.5. The number of halogens is 3. The molecule has 0 aliphatic carbocycles. The van der Waals surface area contributed by atoms with Crippen LogP contribution >= 0.6 is 0 Å². The van der Waals surface area contributed by atoms with E-state index in [1.165, 1.54) is 12.1 Å². The molecule has 25 heavy (non-hydrogen) atoms. The Labute approximate surface area is 141 Å². The third kappa shape index (κ3) is 5.07. The van der Waals surface area contributed by atoms with Crippen molar-refractivity contribution >= 4 is 5.91 Å². The normalized spacial score (nSPS) is 11.9. The third-order valence-corrected chi connectivity index (χ3v) is 3.33. The molecule has 9 heteroatoms. The summed E-state index contributed by atoms with van der Waals surface area (Å²) in [7, 11) is 0. The number of ether oxygens (including phenoxy) is 1. The SMILES string of the molecule is Cc1nc(C(=O)NC(C)(C)c2ccc(OC(F)(F)F)cc2)cc(=O)[nH]1. The van der Waals surface area contributed by atoms with Crippen LogP contribution in [-0.4, -0.2) is 22.2 Å². The van der Waals surface area contributed by atoms with E-state index >= 15 is 0 Å². The molecule has 2 N–H and O–H groups in total. The van der Waals surface area contributed by atoms with E-state index in [2.05, 4.69) is 20.0 Å². The largest absolute Gasteiger partial charge is 0.573 e. The summed E-state index contributed by atoms with van der Waals surface area (Å²) < 4.78 is 40.4. The number of hydrogen-bond donors (Lipinski definition) is 2. The Balaban J connectivity index is 2.17. The van der Waals surface area contributed by atoms with Crippen LogP contribution in [0.2, 0.25) is 0 Å². The number of alkyl halides is 3. The van der Waals surface area contributed by atoms with Crippen molar-refractivity contribution in [2.24, 2.45) is 0 Å². The number of carbonyl (C=O) groups excluding carboxylic acids is 1. The minimum Gasteiger partial charge on any atom is -0.406 e. The molecule has 0 fully saturated rings. The first-order valence-electron chi connectivity index (χ1n) is 7.23. The van der Waals surface area contributed by atoms with Crippen LogP contribution in [0.15, 0.2) is 35.1 Å². The molecule has 1 aromatic heterocycles. The van der Waals surface area contributed by atoms with Gasteiger partial charge in [-0.15, -0.1) is 13.2 Å². The van der Waals surface area contributed by atoms with Crippen molar-refractivity contribution in [3.63, 3.8) is 0 Å². The molecule has 0 aliphatic heterocycles. The van der Waals surface area contributed by atoms with Gasteiger partial charge < -0.3 is 15.0 Å². The fourth-order valence-electron chi connectivity index (χ4n) is 2.19. The van der Waals surface area contributed by atoms with E-state index in [-0.39, 0.29) is 11.4 Å². The van der Waals surface area contributed by atoms with Crippen LogP contribution in [0.5, 0.6) is 5.75 Å². The second-order valence-corrected chi connectivity index (χ2v) is 5.87. The molecule has 0 saturated heterocycles. The van der Waals surface area contributed by atoms with Crippen molar-refractivity contribution in [1.82, 2.24) is 15.3 Å². The molecule has 2 rings (SSSR count). The van der Waals surface area contributed by atoms with Crippen LogP contribution in [-0.2, 0) is 5.54 Å². The van der Waals surface area contributed by atoms with Crippen LogP contribution in [0.4, 0.5) is 13.2 Å². The van der Waals surface area contributed by atoms with Crippen LogP contribution in [0, 0.1) is 6.92 Å². The highest BCUT2D eigenvalue weighted by Gasteiger charge is 2.31. The minimum atomic E-state index is -4.77. The molecule has 0 radical (unpaired) electrons. The number of carbonyl (C=O) groups is 1. The molecule has 6 nitrogen and oxygen atoms in total. The lowest BCUT2D eigenvalue weighted by atomic mass is 9.94. The molecular weight excluding hydrogens is 339 g/mol. The van der Waals surface area contributed by atoms with Crippen LogP contribution in [0.1, 0.15) is 35.7 Å². The molecule has 0 unspecified atom stereocenters. The quantitative estimate of drug-likeness (QED) is 0.883. The lowest BCUT2D eigenvalue weighted by Crippen LogP contribution is -2.41. The Kier molecular flexibility index (Phi) is 4.87. The molecule has 0 spiro atoms. The molecule has 1 heterocycles. The maximum Gasteiger partial charge on any atom is 0.573 e. The van der Waals surface area contributed by atoms with Gasteiger partial charge in [-0.3, -0.25) is 9.59 Å². The van der Waals surface area contributed by atoms with E-state index in [0.29, 0.717) is 11.4 Å². The minimum absolute atomic E-state index is 0.0497. The Morgan fingerprint density at radius 3 is 2.32 bits per heavy atom. The molecular formula is C16H16F3N3O3. The molecule has 0 aliphatic rings. The third-order valence-electron chi connectivity index (χ3n) is 3.33. The molecule has 0 saturated carbocycles. The van der Waals surface area contributed by atoms with Crippen LogP contribution in [0.25, 0.3) is 0 Å². The molecule has 1 aromatic carbocycles. The summed E-state index contributed by atoms with van der Waals surface area (Å²) in [6.07, 6.45) is -4.77. The van der Waals surface area contributed by atoms with Crippen molar-refractivity contribution in [2.75, 3.05) is 0 Å². The maximum atomic E-state index is 12.3. The Hall–Kier alpha value is -2.84. The smallest absolute Gasteiger partial charge is 0.406 e. The number of nitrogens with one attached hydrogen (secondary N) is 2. The number of nitrogens with zero attached hydrogens (tertiary/aromatic N) is 1. The van der Waals surface area contributed by atoms with Gasteiger partial charge in [-0.1, -0.05) is 12.1 Å². The van der Waals surface area contributed by atoms with Crippen LogP contribution in [0.3, 0.4) is 0 Å². The summed E-state index contributed by atoms with van der Waals surface area (Å²) in [6.45, 7) is 4.89. The summed E-state index contributed by atoms with van der Waals surface area (Å²) in [5, 5.41) is 2.69. The fraction of sp³-hybridized carbons (Fsp3) is 0.312. The lowest BCUT2D eigenvalue weighted by Gasteiger charge is -2.27. The van der Waals surface area contributed by atoms with Crippen molar-refractivity contribution in [1.29, 1.82) is 0 Å². The molecule has 134 valence electrons. The second kappa shape index (κ2) is 6.58. The highest BCUT2D eigenvalue weighted by molar-refractivity contribution is 5.92. The predicted octanol–water partition coefficient (Wildman–Crippen LogP) is 2.64. The number of aryl methyl sites for hydroxylation is 1. The van der Waals surface area contributed by atoms with Crippen LogP contribution < -0.4 is 15.6 Å².